The normalized spacial score (nSPS) is 11.4. The van der Waals surface area contributed by atoms with Crippen LogP contribution < -0.4 is 5.32 Å². The number of alkyl halides is 3. The number of carbonyl (C=O) groups excluding carboxylic acids is 1. The summed E-state index contributed by atoms with van der Waals surface area (Å²) in [5.74, 6) is -0.434. The van der Waals surface area contributed by atoms with Crippen molar-refractivity contribution in [1.29, 1.82) is 0 Å². The summed E-state index contributed by atoms with van der Waals surface area (Å²) in [6, 6.07) is 8.10. The number of halogens is 3. The molecule has 7 heteroatoms. The number of amides is 1. The number of anilines is 1. The van der Waals surface area contributed by atoms with Gasteiger partial charge in [-0.3, -0.25) is 9.48 Å². The van der Waals surface area contributed by atoms with Crippen molar-refractivity contribution < 1.29 is 18.0 Å². The van der Waals surface area contributed by atoms with E-state index >= 15 is 0 Å². The lowest BCUT2D eigenvalue weighted by molar-refractivity contribution is -0.141. The number of benzene rings is 1. The highest BCUT2D eigenvalue weighted by molar-refractivity contribution is 5.90. The van der Waals surface area contributed by atoms with Gasteiger partial charge in [-0.05, 0) is 30.2 Å². The highest BCUT2D eigenvalue weighted by Gasteiger charge is 2.33. The molecule has 0 atom stereocenters. The van der Waals surface area contributed by atoms with E-state index in [1.807, 2.05) is 19.1 Å². The molecular formula is C14H14F3N3O. The predicted molar refractivity (Wildman–Crippen MR) is 71.7 cm³/mol. The van der Waals surface area contributed by atoms with Crippen LogP contribution in [0.3, 0.4) is 0 Å². The number of nitrogens with zero attached hydrogens (tertiary/aromatic N) is 2. The van der Waals surface area contributed by atoms with Gasteiger partial charge in [0.25, 0.3) is 0 Å². The summed E-state index contributed by atoms with van der Waals surface area (Å²) in [7, 11) is 0. The second-order valence-electron chi connectivity index (χ2n) is 4.49. The molecule has 1 heterocycles. The molecule has 0 fully saturated rings. The first-order chi connectivity index (χ1) is 9.88. The second-order valence-corrected chi connectivity index (χ2v) is 4.49. The Hall–Kier alpha value is -2.31. The van der Waals surface area contributed by atoms with Crippen molar-refractivity contribution in [2.45, 2.75) is 26.1 Å². The molecule has 0 aliphatic heterocycles. The fourth-order valence-electron chi connectivity index (χ4n) is 1.77. The van der Waals surface area contributed by atoms with E-state index < -0.39 is 17.8 Å². The first-order valence-electron chi connectivity index (χ1n) is 6.38. The number of aromatic nitrogens is 2. The molecule has 0 aliphatic carbocycles. The number of carbonyl (C=O) groups is 1. The molecule has 0 radical (unpaired) electrons. The lowest BCUT2D eigenvalue weighted by atomic mass is 10.1. The number of aryl methyl sites for hydroxylation is 1. The van der Waals surface area contributed by atoms with Crippen LogP contribution in [0.2, 0.25) is 0 Å². The molecule has 21 heavy (non-hydrogen) atoms. The van der Waals surface area contributed by atoms with Crippen molar-refractivity contribution in [3.05, 3.63) is 47.8 Å². The first-order valence-corrected chi connectivity index (χ1v) is 6.38. The number of nitrogens with one attached hydrogen (secondary N) is 1. The Labute approximate surface area is 119 Å². The number of hydrogen-bond acceptors (Lipinski definition) is 2. The molecule has 0 unspecified atom stereocenters. The Balaban J connectivity index is 1.96. The van der Waals surface area contributed by atoms with Crippen LogP contribution in [0.25, 0.3) is 0 Å². The van der Waals surface area contributed by atoms with E-state index in [1.165, 1.54) is 0 Å². The van der Waals surface area contributed by atoms with Crippen LogP contribution in [0.5, 0.6) is 0 Å². The molecule has 1 aromatic carbocycles. The van der Waals surface area contributed by atoms with Crippen molar-refractivity contribution in [3.8, 4) is 0 Å². The largest absolute Gasteiger partial charge is 0.435 e. The minimum absolute atomic E-state index is 0.272. The van der Waals surface area contributed by atoms with Gasteiger partial charge in [-0.25, -0.2) is 0 Å². The van der Waals surface area contributed by atoms with E-state index in [9.17, 15) is 18.0 Å². The van der Waals surface area contributed by atoms with Crippen molar-refractivity contribution in [3.63, 3.8) is 0 Å². The van der Waals surface area contributed by atoms with Gasteiger partial charge in [-0.15, -0.1) is 0 Å². The first kappa shape index (κ1) is 15.1. The SMILES string of the molecule is CCc1ccc(NC(=O)Cn2ccc(C(F)(F)F)n2)cc1. The van der Waals surface area contributed by atoms with Gasteiger partial charge < -0.3 is 5.32 Å². The Morgan fingerprint density at radius 1 is 1.24 bits per heavy atom. The minimum Gasteiger partial charge on any atom is -0.324 e. The van der Waals surface area contributed by atoms with Crippen LogP contribution in [-0.4, -0.2) is 15.7 Å². The van der Waals surface area contributed by atoms with Crippen molar-refractivity contribution in [2.24, 2.45) is 0 Å². The third kappa shape index (κ3) is 4.08. The second kappa shape index (κ2) is 5.99. The molecule has 4 nitrogen and oxygen atoms in total. The highest BCUT2D eigenvalue weighted by Crippen LogP contribution is 2.27. The zero-order valence-electron chi connectivity index (χ0n) is 11.3. The summed E-state index contributed by atoms with van der Waals surface area (Å²) in [4.78, 5) is 11.7. The van der Waals surface area contributed by atoms with Gasteiger partial charge in [0.15, 0.2) is 5.69 Å². The average Bonchev–Trinajstić information content (AvgIpc) is 2.88. The maximum Gasteiger partial charge on any atom is 0.435 e. The number of rotatable bonds is 4. The maximum atomic E-state index is 12.4. The van der Waals surface area contributed by atoms with E-state index in [2.05, 4.69) is 10.4 Å². The molecule has 1 N–H and O–H groups in total. The van der Waals surface area contributed by atoms with Gasteiger partial charge in [0.1, 0.15) is 6.54 Å². The fraction of sp³-hybridized carbons (Fsp3) is 0.286. The molecule has 2 rings (SSSR count). The molecule has 0 saturated carbocycles. The molecular weight excluding hydrogens is 283 g/mol. The molecule has 0 spiro atoms. The zero-order valence-corrected chi connectivity index (χ0v) is 11.3. The summed E-state index contributed by atoms with van der Waals surface area (Å²) in [5.41, 5.74) is 0.720. The van der Waals surface area contributed by atoms with E-state index in [0.29, 0.717) is 5.69 Å². The zero-order chi connectivity index (χ0) is 15.5. The topological polar surface area (TPSA) is 46.9 Å². The van der Waals surface area contributed by atoms with Crippen molar-refractivity contribution in [1.82, 2.24) is 9.78 Å². The monoisotopic (exact) mass is 297 g/mol. The third-order valence-corrected chi connectivity index (χ3v) is 2.88. The van der Waals surface area contributed by atoms with Crippen LogP contribution in [0.4, 0.5) is 18.9 Å². The van der Waals surface area contributed by atoms with Gasteiger partial charge in [-0.2, -0.15) is 18.3 Å². The van der Waals surface area contributed by atoms with Gasteiger partial charge >= 0.3 is 6.18 Å². The Kier molecular flexibility index (Phi) is 4.30. The molecule has 2 aromatic rings. The molecule has 0 bridgehead atoms. The summed E-state index contributed by atoms with van der Waals surface area (Å²) in [6.07, 6.45) is -2.48. The van der Waals surface area contributed by atoms with Crippen LogP contribution in [0, 0.1) is 0 Å². The summed E-state index contributed by atoms with van der Waals surface area (Å²) < 4.78 is 38.1. The lowest BCUT2D eigenvalue weighted by Crippen LogP contribution is -2.19. The van der Waals surface area contributed by atoms with E-state index in [0.717, 1.165) is 28.9 Å². The van der Waals surface area contributed by atoms with E-state index in [-0.39, 0.29) is 6.54 Å². The quantitative estimate of drug-likeness (QED) is 0.942. The fourth-order valence-corrected chi connectivity index (χ4v) is 1.77. The summed E-state index contributed by atoms with van der Waals surface area (Å²) in [6.45, 7) is 1.75. The maximum absolute atomic E-state index is 12.4. The lowest BCUT2D eigenvalue weighted by Gasteiger charge is -2.06. The van der Waals surface area contributed by atoms with Crippen LogP contribution in [0.15, 0.2) is 36.5 Å². The molecule has 112 valence electrons. The van der Waals surface area contributed by atoms with E-state index in [4.69, 9.17) is 0 Å². The van der Waals surface area contributed by atoms with Gasteiger partial charge in [0, 0.05) is 11.9 Å². The molecule has 0 saturated heterocycles. The molecule has 1 aromatic heterocycles. The van der Waals surface area contributed by atoms with Gasteiger partial charge in [0.05, 0.1) is 0 Å². The van der Waals surface area contributed by atoms with Crippen LogP contribution >= 0.6 is 0 Å². The predicted octanol–water partition coefficient (Wildman–Crippen LogP) is 3.10. The Morgan fingerprint density at radius 3 is 2.43 bits per heavy atom. The Morgan fingerprint density at radius 2 is 1.90 bits per heavy atom. The van der Waals surface area contributed by atoms with Crippen LogP contribution in [-0.2, 0) is 23.9 Å². The van der Waals surface area contributed by atoms with E-state index in [1.54, 1.807) is 12.1 Å². The van der Waals surface area contributed by atoms with Crippen molar-refractivity contribution in [2.75, 3.05) is 5.32 Å². The smallest absolute Gasteiger partial charge is 0.324 e. The van der Waals surface area contributed by atoms with Crippen molar-refractivity contribution >= 4 is 11.6 Å². The Bertz CT molecular complexity index is 617. The number of hydrogen-bond donors (Lipinski definition) is 1. The van der Waals surface area contributed by atoms with Gasteiger partial charge in [-0.1, -0.05) is 19.1 Å². The molecule has 1 amide bonds. The summed E-state index contributed by atoms with van der Waals surface area (Å²) >= 11 is 0. The van der Waals surface area contributed by atoms with Crippen LogP contribution in [0.1, 0.15) is 18.2 Å². The van der Waals surface area contributed by atoms with Gasteiger partial charge in [0.2, 0.25) is 5.91 Å². The average molecular weight is 297 g/mol. The minimum atomic E-state index is -4.50. The summed E-state index contributed by atoms with van der Waals surface area (Å²) in [5, 5.41) is 5.93. The standard InChI is InChI=1S/C14H14F3N3O/c1-2-10-3-5-11(6-4-10)18-13(21)9-20-8-7-12(19-20)14(15,16)17/h3-8H,2,9H2,1H3,(H,18,21). The molecule has 0 aliphatic rings. The highest BCUT2D eigenvalue weighted by atomic mass is 19.4. The third-order valence-electron chi connectivity index (χ3n) is 2.88.